The van der Waals surface area contributed by atoms with Crippen molar-refractivity contribution in [1.29, 1.82) is 0 Å². The van der Waals surface area contributed by atoms with Crippen molar-refractivity contribution in [2.45, 2.75) is 19.3 Å². The lowest BCUT2D eigenvalue weighted by Gasteiger charge is -2.04. The Morgan fingerprint density at radius 2 is 1.21 bits per heavy atom. The van der Waals surface area contributed by atoms with Crippen LogP contribution in [0.3, 0.4) is 0 Å². The fraction of sp³-hybridized carbons (Fsp3) is 0.368. The minimum atomic E-state index is -0.545. The van der Waals surface area contributed by atoms with Gasteiger partial charge in [0.15, 0.2) is 0 Å². The Morgan fingerprint density at radius 1 is 0.792 bits per heavy atom. The Hall–Kier alpha value is -2.24. The number of rotatable bonds is 9. The molecule has 0 heterocycles. The summed E-state index contributed by atoms with van der Waals surface area (Å²) in [5.74, 6) is -0.112. The maximum Gasteiger partial charge on any atom is 0.224 e. The van der Waals surface area contributed by atoms with Gasteiger partial charge in [-0.2, -0.15) is 0 Å². The molecule has 0 amide bonds. The van der Waals surface area contributed by atoms with E-state index in [1.54, 1.807) is 0 Å². The lowest BCUT2D eigenvalue weighted by molar-refractivity contribution is -0.502. The SMILES string of the molecule is O=[N+]([O-])C1[C@@H](COCc2ccccc2)[C@H]1COCc1ccccc1. The van der Waals surface area contributed by atoms with Crippen molar-refractivity contribution >= 4 is 0 Å². The van der Waals surface area contributed by atoms with Gasteiger partial charge in [0.25, 0.3) is 0 Å². The highest BCUT2D eigenvalue weighted by atomic mass is 16.6. The number of nitrogens with zero attached hydrogens (tertiary/aromatic N) is 1. The first-order valence-electron chi connectivity index (χ1n) is 8.12. The Morgan fingerprint density at radius 3 is 1.58 bits per heavy atom. The van der Waals surface area contributed by atoms with E-state index in [-0.39, 0.29) is 16.8 Å². The maximum atomic E-state index is 11.1. The molecule has 3 atom stereocenters. The van der Waals surface area contributed by atoms with Gasteiger partial charge in [0.1, 0.15) is 0 Å². The molecule has 1 aliphatic carbocycles. The Bertz CT molecular complexity index is 595. The van der Waals surface area contributed by atoms with Gasteiger partial charge in [-0.15, -0.1) is 0 Å². The summed E-state index contributed by atoms with van der Waals surface area (Å²) < 4.78 is 11.3. The molecule has 1 saturated carbocycles. The summed E-state index contributed by atoms with van der Waals surface area (Å²) in [6.45, 7) is 1.78. The van der Waals surface area contributed by atoms with Crippen molar-refractivity contribution in [1.82, 2.24) is 0 Å². The monoisotopic (exact) mass is 327 g/mol. The first-order chi connectivity index (χ1) is 11.8. The van der Waals surface area contributed by atoms with Crippen LogP contribution in [0.5, 0.6) is 0 Å². The second-order valence-electron chi connectivity index (χ2n) is 6.11. The Balaban J connectivity index is 1.42. The minimum Gasteiger partial charge on any atom is -0.376 e. The zero-order valence-corrected chi connectivity index (χ0v) is 13.4. The van der Waals surface area contributed by atoms with Crippen molar-refractivity contribution in [2.75, 3.05) is 13.2 Å². The minimum absolute atomic E-state index is 0.0560. The van der Waals surface area contributed by atoms with Gasteiger partial charge in [0.05, 0.1) is 38.3 Å². The van der Waals surface area contributed by atoms with Crippen LogP contribution in [0, 0.1) is 22.0 Å². The molecular formula is C19H21NO4. The highest BCUT2D eigenvalue weighted by Gasteiger charge is 2.60. The molecule has 2 aromatic rings. The third kappa shape index (κ3) is 4.40. The summed E-state index contributed by atoms with van der Waals surface area (Å²) in [6.07, 6.45) is 0. The average Bonchev–Trinajstić information content (AvgIpc) is 3.30. The van der Waals surface area contributed by atoms with Crippen molar-refractivity contribution < 1.29 is 14.4 Å². The van der Waals surface area contributed by atoms with E-state index >= 15 is 0 Å². The van der Waals surface area contributed by atoms with Gasteiger partial charge in [-0.25, -0.2) is 0 Å². The molecule has 5 nitrogen and oxygen atoms in total. The van der Waals surface area contributed by atoms with Crippen molar-refractivity contribution in [2.24, 2.45) is 11.8 Å². The molecular weight excluding hydrogens is 306 g/mol. The summed E-state index contributed by atoms with van der Waals surface area (Å²) in [5, 5.41) is 11.1. The lowest BCUT2D eigenvalue weighted by atomic mass is 10.2. The second-order valence-corrected chi connectivity index (χ2v) is 6.11. The summed E-state index contributed by atoms with van der Waals surface area (Å²) in [4.78, 5) is 10.9. The quantitative estimate of drug-likeness (QED) is 0.524. The molecule has 0 N–H and O–H groups in total. The number of benzene rings is 2. The first-order valence-corrected chi connectivity index (χ1v) is 8.12. The van der Waals surface area contributed by atoms with E-state index in [0.29, 0.717) is 26.4 Å². The Kier molecular flexibility index (Phi) is 5.56. The van der Waals surface area contributed by atoms with Gasteiger partial charge < -0.3 is 9.47 Å². The maximum absolute atomic E-state index is 11.1. The van der Waals surface area contributed by atoms with Gasteiger partial charge in [0, 0.05) is 4.92 Å². The van der Waals surface area contributed by atoms with Crippen LogP contribution in [0.25, 0.3) is 0 Å². The van der Waals surface area contributed by atoms with E-state index < -0.39 is 6.04 Å². The van der Waals surface area contributed by atoms with Crippen LogP contribution in [-0.2, 0) is 22.7 Å². The van der Waals surface area contributed by atoms with Crippen LogP contribution in [0.1, 0.15) is 11.1 Å². The zero-order chi connectivity index (χ0) is 16.8. The largest absolute Gasteiger partial charge is 0.376 e. The van der Waals surface area contributed by atoms with Gasteiger partial charge in [-0.3, -0.25) is 10.1 Å². The molecule has 24 heavy (non-hydrogen) atoms. The van der Waals surface area contributed by atoms with Crippen LogP contribution in [0.15, 0.2) is 60.7 Å². The van der Waals surface area contributed by atoms with Crippen LogP contribution in [0.4, 0.5) is 0 Å². The van der Waals surface area contributed by atoms with Crippen molar-refractivity contribution in [3.05, 3.63) is 81.9 Å². The number of hydrogen-bond donors (Lipinski definition) is 0. The highest BCUT2D eigenvalue weighted by molar-refractivity contribution is 5.14. The molecule has 0 saturated heterocycles. The molecule has 3 rings (SSSR count). The molecule has 1 unspecified atom stereocenters. The molecule has 1 aliphatic rings. The predicted molar refractivity (Wildman–Crippen MR) is 90.0 cm³/mol. The molecule has 0 aliphatic heterocycles. The van der Waals surface area contributed by atoms with Crippen LogP contribution in [-0.4, -0.2) is 24.2 Å². The van der Waals surface area contributed by atoms with Gasteiger partial charge >= 0.3 is 0 Å². The van der Waals surface area contributed by atoms with Gasteiger partial charge in [-0.1, -0.05) is 60.7 Å². The molecule has 0 radical (unpaired) electrons. The third-order valence-electron chi connectivity index (χ3n) is 4.37. The summed E-state index contributed by atoms with van der Waals surface area (Å²) in [6, 6.07) is 19.1. The zero-order valence-electron chi connectivity index (χ0n) is 13.4. The molecule has 0 aromatic heterocycles. The molecule has 5 heteroatoms. The lowest BCUT2D eigenvalue weighted by Crippen LogP contribution is -2.08. The third-order valence-corrected chi connectivity index (χ3v) is 4.37. The summed E-state index contributed by atoms with van der Waals surface area (Å²) in [7, 11) is 0. The molecule has 0 spiro atoms. The van der Waals surface area contributed by atoms with E-state index in [9.17, 15) is 10.1 Å². The van der Waals surface area contributed by atoms with E-state index in [1.807, 2.05) is 60.7 Å². The van der Waals surface area contributed by atoms with E-state index in [0.717, 1.165) is 11.1 Å². The highest BCUT2D eigenvalue weighted by Crippen LogP contribution is 2.42. The number of hydrogen-bond acceptors (Lipinski definition) is 4. The average molecular weight is 327 g/mol. The number of ether oxygens (including phenoxy) is 2. The summed E-state index contributed by atoms with van der Waals surface area (Å²) >= 11 is 0. The van der Waals surface area contributed by atoms with Crippen LogP contribution < -0.4 is 0 Å². The standard InChI is InChI=1S/C19H21NO4/c21-20(22)19-17(13-23-11-15-7-3-1-4-8-15)18(19)14-24-12-16-9-5-2-6-10-16/h1-10,17-19H,11-14H2/t17-,18+,19?. The van der Waals surface area contributed by atoms with E-state index in [1.165, 1.54) is 0 Å². The topological polar surface area (TPSA) is 61.6 Å². The van der Waals surface area contributed by atoms with E-state index in [2.05, 4.69) is 0 Å². The van der Waals surface area contributed by atoms with Crippen molar-refractivity contribution in [3.63, 3.8) is 0 Å². The fourth-order valence-corrected chi connectivity index (χ4v) is 2.96. The molecule has 0 bridgehead atoms. The van der Waals surface area contributed by atoms with Gasteiger partial charge in [0.2, 0.25) is 6.04 Å². The van der Waals surface area contributed by atoms with Crippen LogP contribution >= 0.6 is 0 Å². The predicted octanol–water partition coefficient (Wildman–Crippen LogP) is 3.31. The smallest absolute Gasteiger partial charge is 0.224 e. The summed E-state index contributed by atoms with van der Waals surface area (Å²) in [5.41, 5.74) is 2.15. The van der Waals surface area contributed by atoms with E-state index in [4.69, 9.17) is 9.47 Å². The Labute approximate surface area is 141 Å². The molecule has 126 valence electrons. The molecule has 1 fully saturated rings. The first kappa shape index (κ1) is 16.6. The number of nitro groups is 1. The molecule has 2 aromatic carbocycles. The normalized spacial score (nSPS) is 22.2. The fourth-order valence-electron chi connectivity index (χ4n) is 2.96. The van der Waals surface area contributed by atoms with Crippen molar-refractivity contribution in [3.8, 4) is 0 Å². The van der Waals surface area contributed by atoms with Gasteiger partial charge in [-0.05, 0) is 11.1 Å². The van der Waals surface area contributed by atoms with Crippen LogP contribution in [0.2, 0.25) is 0 Å². The second kappa shape index (κ2) is 8.04.